The number of hydrogen-bond acceptors (Lipinski definition) is 7. The molecule has 3 heterocycles. The number of carbonyl (C=O) groups is 2. The Hall–Kier alpha value is -3.33. The van der Waals surface area contributed by atoms with Gasteiger partial charge in [-0.25, -0.2) is 4.98 Å². The van der Waals surface area contributed by atoms with Crippen LogP contribution in [0.5, 0.6) is 0 Å². The molecule has 3 aromatic rings. The molecule has 0 fully saturated rings. The molecule has 0 saturated carbocycles. The van der Waals surface area contributed by atoms with E-state index in [4.69, 9.17) is 14.5 Å². The minimum absolute atomic E-state index is 0.172. The summed E-state index contributed by atoms with van der Waals surface area (Å²) in [7, 11) is 0. The Morgan fingerprint density at radius 3 is 2.69 bits per heavy atom. The zero-order valence-corrected chi connectivity index (χ0v) is 21.5. The maximum absolute atomic E-state index is 12.2. The average Bonchev–Trinajstić information content (AvgIpc) is 3.18. The van der Waals surface area contributed by atoms with E-state index < -0.39 is 17.9 Å². The Morgan fingerprint density at radius 1 is 1.14 bits per heavy atom. The van der Waals surface area contributed by atoms with Crippen LogP contribution in [0.25, 0.3) is 5.69 Å². The van der Waals surface area contributed by atoms with Gasteiger partial charge in [0.25, 0.3) is 0 Å². The van der Waals surface area contributed by atoms with Crippen LogP contribution in [0, 0.1) is 12.8 Å². The quantitative estimate of drug-likeness (QED) is 0.233. The molecule has 8 nitrogen and oxygen atoms in total. The molecule has 0 amide bonds. The summed E-state index contributed by atoms with van der Waals surface area (Å²) in [4.78, 5) is 38.4. The number of fused-ring (bicyclic) bond motifs is 3. The van der Waals surface area contributed by atoms with Gasteiger partial charge in [-0.15, -0.1) is 0 Å². The van der Waals surface area contributed by atoms with E-state index in [1.165, 1.54) is 6.92 Å². The normalized spacial score (nSPS) is 15.3. The Labute approximate surface area is 212 Å². The van der Waals surface area contributed by atoms with Crippen LogP contribution in [-0.4, -0.2) is 45.4 Å². The number of nitrogens with zero attached hydrogens (tertiary/aromatic N) is 4. The van der Waals surface area contributed by atoms with Crippen molar-refractivity contribution in [3.8, 4) is 5.69 Å². The number of carbonyl (C=O) groups excluding carboxylic acids is 2. The lowest BCUT2D eigenvalue weighted by molar-refractivity contribution is -0.160. The van der Waals surface area contributed by atoms with E-state index in [1.807, 2.05) is 43.5 Å². The molecule has 1 aliphatic heterocycles. The van der Waals surface area contributed by atoms with Crippen molar-refractivity contribution in [1.82, 2.24) is 14.5 Å². The predicted molar refractivity (Wildman–Crippen MR) is 135 cm³/mol. The zero-order valence-electron chi connectivity index (χ0n) is 19.9. The van der Waals surface area contributed by atoms with Gasteiger partial charge in [0.05, 0.1) is 30.3 Å². The van der Waals surface area contributed by atoms with E-state index in [1.54, 1.807) is 13.1 Å². The van der Waals surface area contributed by atoms with Gasteiger partial charge < -0.3 is 9.47 Å². The largest absolute Gasteiger partial charge is 0.465 e. The third-order valence-electron chi connectivity index (χ3n) is 5.77. The monoisotopic (exact) mass is 538 g/mol. The second-order valence-electron chi connectivity index (χ2n) is 8.25. The van der Waals surface area contributed by atoms with Gasteiger partial charge in [0, 0.05) is 28.1 Å². The van der Waals surface area contributed by atoms with Crippen LogP contribution in [0.1, 0.15) is 55.5 Å². The number of esters is 2. The van der Waals surface area contributed by atoms with Crippen LogP contribution in [0.2, 0.25) is 0 Å². The molecule has 0 aliphatic carbocycles. The number of halogens is 1. The molecular weight excluding hydrogens is 512 g/mol. The molecule has 1 aromatic carbocycles. The number of pyridine rings is 1. The minimum Gasteiger partial charge on any atom is -0.465 e. The number of aliphatic imine (C=N–C) groups is 1. The average molecular weight is 539 g/mol. The first-order valence-corrected chi connectivity index (χ1v) is 12.4. The first-order chi connectivity index (χ1) is 16.9. The predicted octanol–water partition coefficient (Wildman–Crippen LogP) is 4.75. The second kappa shape index (κ2) is 10.9. The number of benzene rings is 1. The fourth-order valence-corrected chi connectivity index (χ4v) is 4.38. The molecule has 1 aliphatic rings. The highest BCUT2D eigenvalue weighted by molar-refractivity contribution is 9.10. The standard InChI is InChI=1S/C26H27BrN4O4/c1-4-34-25(32)17(3)26(33)35-13-7-9-21-24-29-15-16(2)31(24)22-11-10-18(27)14-19(22)23(30-21)20-8-5-6-12-28-20/h5-6,8,10-12,14-15,17,21H,4,7,9,13H2,1-3H3/t17?,21-/m0/s1. The SMILES string of the molecule is CCOC(=O)C(C)C(=O)OCCC[C@@H]1N=C(c2ccccn2)c2cc(Br)ccc2-n2c(C)cnc21. The minimum atomic E-state index is -0.948. The molecule has 0 N–H and O–H groups in total. The summed E-state index contributed by atoms with van der Waals surface area (Å²) >= 11 is 3.59. The Morgan fingerprint density at radius 2 is 1.94 bits per heavy atom. The maximum Gasteiger partial charge on any atom is 0.320 e. The lowest BCUT2D eigenvalue weighted by Gasteiger charge is -2.15. The molecule has 1 unspecified atom stereocenters. The summed E-state index contributed by atoms with van der Waals surface area (Å²) in [6.07, 6.45) is 4.75. The highest BCUT2D eigenvalue weighted by Crippen LogP contribution is 2.34. The summed E-state index contributed by atoms with van der Waals surface area (Å²) in [6.45, 7) is 5.60. The number of aromatic nitrogens is 3. The highest BCUT2D eigenvalue weighted by Gasteiger charge is 2.28. The molecule has 0 radical (unpaired) electrons. The van der Waals surface area contributed by atoms with Gasteiger partial charge >= 0.3 is 11.9 Å². The molecule has 9 heteroatoms. The van der Waals surface area contributed by atoms with Crippen molar-refractivity contribution in [2.45, 2.75) is 39.7 Å². The molecule has 4 rings (SSSR count). The lowest BCUT2D eigenvalue weighted by Crippen LogP contribution is -2.25. The third kappa shape index (κ3) is 5.35. The van der Waals surface area contributed by atoms with E-state index >= 15 is 0 Å². The highest BCUT2D eigenvalue weighted by atomic mass is 79.9. The van der Waals surface area contributed by atoms with Crippen LogP contribution in [0.3, 0.4) is 0 Å². The second-order valence-corrected chi connectivity index (χ2v) is 9.16. The maximum atomic E-state index is 12.2. The van der Waals surface area contributed by atoms with Crippen molar-refractivity contribution in [2.24, 2.45) is 10.9 Å². The van der Waals surface area contributed by atoms with Crippen molar-refractivity contribution < 1.29 is 19.1 Å². The molecule has 2 atom stereocenters. The molecule has 0 bridgehead atoms. The van der Waals surface area contributed by atoms with Crippen LogP contribution >= 0.6 is 15.9 Å². The third-order valence-corrected chi connectivity index (χ3v) is 6.26. The Bertz CT molecular complexity index is 1260. The van der Waals surface area contributed by atoms with E-state index in [0.717, 1.165) is 38.6 Å². The van der Waals surface area contributed by atoms with Crippen molar-refractivity contribution in [3.05, 3.63) is 76.0 Å². The lowest BCUT2D eigenvalue weighted by atomic mass is 10.0. The van der Waals surface area contributed by atoms with Crippen LogP contribution < -0.4 is 0 Å². The molecule has 0 spiro atoms. The van der Waals surface area contributed by atoms with E-state index in [0.29, 0.717) is 12.8 Å². The van der Waals surface area contributed by atoms with Gasteiger partial charge in [-0.1, -0.05) is 22.0 Å². The topological polar surface area (TPSA) is 95.7 Å². The number of hydrogen-bond donors (Lipinski definition) is 0. The smallest absolute Gasteiger partial charge is 0.320 e. The van der Waals surface area contributed by atoms with E-state index in [-0.39, 0.29) is 19.3 Å². The van der Waals surface area contributed by atoms with E-state index in [9.17, 15) is 9.59 Å². The van der Waals surface area contributed by atoms with Gasteiger partial charge in [0.1, 0.15) is 11.9 Å². The van der Waals surface area contributed by atoms with Gasteiger partial charge in [-0.2, -0.15) is 0 Å². The van der Waals surface area contributed by atoms with Crippen molar-refractivity contribution in [1.29, 1.82) is 0 Å². The van der Waals surface area contributed by atoms with Crippen molar-refractivity contribution >= 4 is 33.6 Å². The Balaban J connectivity index is 1.60. The fraction of sp³-hybridized carbons (Fsp3) is 0.346. The fourth-order valence-electron chi connectivity index (χ4n) is 4.02. The first kappa shape index (κ1) is 24.8. The molecule has 2 aromatic heterocycles. The van der Waals surface area contributed by atoms with Crippen LogP contribution in [-0.2, 0) is 19.1 Å². The molecule has 182 valence electrons. The van der Waals surface area contributed by atoms with Gasteiger partial charge in [-0.05, 0) is 63.9 Å². The van der Waals surface area contributed by atoms with E-state index in [2.05, 4.69) is 36.5 Å². The number of ether oxygens (including phenoxy) is 2. The number of rotatable bonds is 8. The summed E-state index contributed by atoms with van der Waals surface area (Å²) in [5.41, 5.74) is 4.50. The van der Waals surface area contributed by atoms with Crippen molar-refractivity contribution in [2.75, 3.05) is 13.2 Å². The van der Waals surface area contributed by atoms with Crippen LogP contribution in [0.4, 0.5) is 0 Å². The zero-order chi connectivity index (χ0) is 24.9. The van der Waals surface area contributed by atoms with Crippen LogP contribution in [0.15, 0.2) is 58.3 Å². The molecule has 0 saturated heterocycles. The van der Waals surface area contributed by atoms with Gasteiger partial charge in [0.15, 0.2) is 5.92 Å². The van der Waals surface area contributed by atoms with Gasteiger partial charge in [-0.3, -0.25) is 24.1 Å². The van der Waals surface area contributed by atoms with Crippen molar-refractivity contribution in [3.63, 3.8) is 0 Å². The Kier molecular flexibility index (Phi) is 7.75. The summed E-state index contributed by atoms with van der Waals surface area (Å²) in [5.74, 6) is -1.29. The first-order valence-electron chi connectivity index (χ1n) is 11.6. The molecule has 35 heavy (non-hydrogen) atoms. The summed E-state index contributed by atoms with van der Waals surface area (Å²) < 4.78 is 13.3. The number of imidazole rings is 1. The van der Waals surface area contributed by atoms with Gasteiger partial charge in [0.2, 0.25) is 0 Å². The molecular formula is C26H27BrN4O4. The number of aryl methyl sites for hydroxylation is 1. The summed E-state index contributed by atoms with van der Waals surface area (Å²) in [6, 6.07) is 11.6. The summed E-state index contributed by atoms with van der Waals surface area (Å²) in [5, 5.41) is 0.